The Kier molecular flexibility index (Phi) is 5.38. The summed E-state index contributed by atoms with van der Waals surface area (Å²) in [7, 11) is 0. The molecule has 39 heavy (non-hydrogen) atoms. The number of rotatable bonds is 4. The van der Waals surface area contributed by atoms with Crippen molar-refractivity contribution in [3.05, 3.63) is 144 Å². The molecule has 1 N–H and O–H groups in total. The lowest BCUT2D eigenvalue weighted by atomic mass is 9.82. The summed E-state index contributed by atoms with van der Waals surface area (Å²) in [5.41, 5.74) is 11.9. The van der Waals surface area contributed by atoms with E-state index in [1.807, 2.05) is 12.1 Å². The third-order valence-electron chi connectivity index (χ3n) is 8.13. The van der Waals surface area contributed by atoms with Gasteiger partial charge in [0.25, 0.3) is 0 Å². The molecule has 0 unspecified atom stereocenters. The summed E-state index contributed by atoms with van der Waals surface area (Å²) in [5, 5.41) is 5.96. The monoisotopic (exact) mass is 505 g/mol. The van der Waals surface area contributed by atoms with E-state index in [-0.39, 0.29) is 11.2 Å². The molecule has 0 radical (unpaired) electrons. The summed E-state index contributed by atoms with van der Waals surface area (Å²) >= 11 is 0. The molecule has 188 valence electrons. The molecular formula is C37H28FN. The highest BCUT2D eigenvalue weighted by molar-refractivity contribution is 6.06. The molecule has 0 aliphatic heterocycles. The number of nitrogens with one attached hydrogen (secondary N) is 1. The molecule has 6 aromatic carbocycles. The first-order valence-corrected chi connectivity index (χ1v) is 13.4. The van der Waals surface area contributed by atoms with Crippen molar-refractivity contribution in [1.29, 1.82) is 0 Å². The van der Waals surface area contributed by atoms with Gasteiger partial charge in [-0.2, -0.15) is 0 Å². The maximum Gasteiger partial charge on any atom is 0.123 e. The van der Waals surface area contributed by atoms with Gasteiger partial charge in [-0.25, -0.2) is 4.39 Å². The summed E-state index contributed by atoms with van der Waals surface area (Å²) in [4.78, 5) is 0. The molecule has 1 nitrogen and oxygen atoms in total. The maximum atomic E-state index is 13.6. The van der Waals surface area contributed by atoms with Crippen LogP contribution in [0.25, 0.3) is 44.2 Å². The van der Waals surface area contributed by atoms with E-state index in [1.54, 1.807) is 0 Å². The van der Waals surface area contributed by atoms with Crippen molar-refractivity contribution < 1.29 is 4.39 Å². The lowest BCUT2D eigenvalue weighted by molar-refractivity contribution is 0.628. The Morgan fingerprint density at radius 1 is 0.513 bits per heavy atom. The van der Waals surface area contributed by atoms with E-state index in [0.29, 0.717) is 0 Å². The van der Waals surface area contributed by atoms with Crippen molar-refractivity contribution in [2.45, 2.75) is 19.3 Å². The number of halogens is 1. The van der Waals surface area contributed by atoms with Gasteiger partial charge in [-0.05, 0) is 91.7 Å². The molecule has 0 heterocycles. The van der Waals surface area contributed by atoms with Gasteiger partial charge < -0.3 is 5.32 Å². The van der Waals surface area contributed by atoms with Gasteiger partial charge in [0.2, 0.25) is 0 Å². The van der Waals surface area contributed by atoms with Crippen LogP contribution >= 0.6 is 0 Å². The molecular weight excluding hydrogens is 477 g/mol. The van der Waals surface area contributed by atoms with E-state index in [1.165, 1.54) is 45.2 Å². The van der Waals surface area contributed by atoms with Crippen LogP contribution < -0.4 is 5.32 Å². The normalized spacial score (nSPS) is 13.2. The molecule has 1 aliphatic rings. The van der Waals surface area contributed by atoms with Crippen LogP contribution in [0, 0.1) is 5.82 Å². The number of hydrogen-bond acceptors (Lipinski definition) is 1. The van der Waals surface area contributed by atoms with Gasteiger partial charge in [-0.1, -0.05) is 105 Å². The largest absolute Gasteiger partial charge is 0.356 e. The Labute approximate surface area is 228 Å². The third-order valence-corrected chi connectivity index (χ3v) is 8.13. The van der Waals surface area contributed by atoms with Crippen LogP contribution in [0.5, 0.6) is 0 Å². The average molecular weight is 506 g/mol. The van der Waals surface area contributed by atoms with Gasteiger partial charge in [0.1, 0.15) is 5.82 Å². The van der Waals surface area contributed by atoms with Gasteiger partial charge >= 0.3 is 0 Å². The maximum absolute atomic E-state index is 13.6. The van der Waals surface area contributed by atoms with Crippen LogP contribution in [0.4, 0.5) is 15.8 Å². The van der Waals surface area contributed by atoms with E-state index in [2.05, 4.69) is 122 Å². The molecule has 7 rings (SSSR count). The van der Waals surface area contributed by atoms with E-state index >= 15 is 0 Å². The molecule has 6 aromatic rings. The van der Waals surface area contributed by atoms with Crippen LogP contribution in [0.3, 0.4) is 0 Å². The van der Waals surface area contributed by atoms with E-state index in [4.69, 9.17) is 0 Å². The number of fused-ring (bicyclic) bond motifs is 4. The zero-order chi connectivity index (χ0) is 26.6. The fraction of sp³-hybridized carbons (Fsp3) is 0.0811. The fourth-order valence-corrected chi connectivity index (χ4v) is 6.13. The SMILES string of the molecule is CC1(C)c2ccccc2-c2ccc(Nc3ccc(-c4cccc5cccc(-c6ccc(F)cc6)c45)cc3)cc21. The van der Waals surface area contributed by atoms with Crippen LogP contribution in [-0.2, 0) is 5.41 Å². The molecule has 0 atom stereocenters. The summed E-state index contributed by atoms with van der Waals surface area (Å²) in [6.07, 6.45) is 0. The Bertz CT molecular complexity index is 1840. The minimum absolute atomic E-state index is 0.0237. The van der Waals surface area contributed by atoms with Gasteiger partial charge in [-0.15, -0.1) is 0 Å². The van der Waals surface area contributed by atoms with Crippen molar-refractivity contribution >= 4 is 22.1 Å². The topological polar surface area (TPSA) is 12.0 Å². The molecule has 0 saturated carbocycles. The molecule has 0 spiro atoms. The average Bonchev–Trinajstić information content (AvgIpc) is 3.19. The Morgan fingerprint density at radius 2 is 1.08 bits per heavy atom. The molecule has 0 bridgehead atoms. The highest BCUT2D eigenvalue weighted by atomic mass is 19.1. The zero-order valence-corrected chi connectivity index (χ0v) is 22.0. The third kappa shape index (κ3) is 3.92. The quantitative estimate of drug-likeness (QED) is 0.251. The van der Waals surface area contributed by atoms with Crippen LogP contribution in [0.1, 0.15) is 25.0 Å². The first kappa shape index (κ1) is 23.4. The lowest BCUT2D eigenvalue weighted by Crippen LogP contribution is -2.15. The molecule has 1 aliphatic carbocycles. The summed E-state index contributed by atoms with van der Waals surface area (Å²) in [6, 6.07) is 43.5. The molecule has 0 aromatic heterocycles. The van der Waals surface area contributed by atoms with Crippen LogP contribution in [0.15, 0.2) is 127 Å². The van der Waals surface area contributed by atoms with Crippen LogP contribution in [-0.4, -0.2) is 0 Å². The Morgan fingerprint density at radius 3 is 1.77 bits per heavy atom. The van der Waals surface area contributed by atoms with Crippen molar-refractivity contribution in [2.24, 2.45) is 0 Å². The Hall–Kier alpha value is -4.69. The summed E-state index contributed by atoms with van der Waals surface area (Å²) in [5.74, 6) is -0.223. The summed E-state index contributed by atoms with van der Waals surface area (Å²) in [6.45, 7) is 4.61. The van der Waals surface area contributed by atoms with Crippen molar-refractivity contribution in [2.75, 3.05) is 5.32 Å². The zero-order valence-electron chi connectivity index (χ0n) is 22.0. The second-order valence-corrected chi connectivity index (χ2v) is 10.8. The number of benzene rings is 6. The molecule has 0 fully saturated rings. The first-order chi connectivity index (χ1) is 19.0. The second kappa shape index (κ2) is 8.96. The van der Waals surface area contributed by atoms with Gasteiger partial charge in [-0.3, -0.25) is 0 Å². The van der Waals surface area contributed by atoms with Crippen molar-refractivity contribution in [3.63, 3.8) is 0 Å². The lowest BCUT2D eigenvalue weighted by Gasteiger charge is -2.22. The standard InChI is InChI=1S/C37H28FN/c1-37(2)34-12-4-3-9-32(34)33-22-21-29(23-35(33)37)39-28-19-15-25(16-20-28)31-11-6-8-26-7-5-10-30(36(26)31)24-13-17-27(38)18-14-24/h3-23,39H,1-2H3. The Balaban J connectivity index is 1.22. The van der Waals surface area contributed by atoms with E-state index in [0.717, 1.165) is 33.6 Å². The van der Waals surface area contributed by atoms with Gasteiger partial charge in [0, 0.05) is 16.8 Å². The highest BCUT2D eigenvalue weighted by Gasteiger charge is 2.35. The van der Waals surface area contributed by atoms with E-state index in [9.17, 15) is 4.39 Å². The van der Waals surface area contributed by atoms with Crippen molar-refractivity contribution in [3.8, 4) is 33.4 Å². The predicted molar refractivity (Wildman–Crippen MR) is 162 cm³/mol. The minimum atomic E-state index is -0.223. The summed E-state index contributed by atoms with van der Waals surface area (Å²) < 4.78 is 13.6. The smallest absolute Gasteiger partial charge is 0.123 e. The number of hydrogen-bond donors (Lipinski definition) is 1. The van der Waals surface area contributed by atoms with E-state index < -0.39 is 0 Å². The van der Waals surface area contributed by atoms with Gasteiger partial charge in [0.05, 0.1) is 0 Å². The first-order valence-electron chi connectivity index (χ1n) is 13.4. The highest BCUT2D eigenvalue weighted by Crippen LogP contribution is 2.49. The van der Waals surface area contributed by atoms with Crippen molar-refractivity contribution in [1.82, 2.24) is 0 Å². The molecule has 0 saturated heterocycles. The fourth-order valence-electron chi connectivity index (χ4n) is 6.13. The minimum Gasteiger partial charge on any atom is -0.356 e. The molecule has 2 heteroatoms. The van der Waals surface area contributed by atoms with Crippen LogP contribution in [0.2, 0.25) is 0 Å². The molecule has 0 amide bonds. The number of anilines is 2. The predicted octanol–water partition coefficient (Wildman–Crippen LogP) is 10.4. The second-order valence-electron chi connectivity index (χ2n) is 10.8. The van der Waals surface area contributed by atoms with Gasteiger partial charge in [0.15, 0.2) is 0 Å².